The lowest BCUT2D eigenvalue weighted by atomic mass is 10.0. The van der Waals surface area contributed by atoms with Crippen molar-refractivity contribution in [3.63, 3.8) is 0 Å². The van der Waals surface area contributed by atoms with Gasteiger partial charge < -0.3 is 10.1 Å². The summed E-state index contributed by atoms with van der Waals surface area (Å²) in [7, 11) is -2.62. The van der Waals surface area contributed by atoms with E-state index in [9.17, 15) is 48.7 Å². The molecule has 3 aliphatic rings. The number of ether oxygens (including phenoxy) is 1. The first-order valence-electron chi connectivity index (χ1n) is 19.3. The van der Waals surface area contributed by atoms with Crippen LogP contribution in [0, 0.1) is 17.6 Å². The fraction of sp³-hybridized carbons (Fsp3) is 0.385. The molecule has 0 spiro atoms. The molecule has 0 bridgehead atoms. The van der Waals surface area contributed by atoms with Crippen molar-refractivity contribution in [2.45, 2.75) is 68.1 Å². The molecule has 0 unspecified atom stereocenters. The Morgan fingerprint density at radius 1 is 1.03 bits per heavy atom. The molecular weight excluding hydrogens is 913 g/mol. The van der Waals surface area contributed by atoms with Gasteiger partial charge in [0.05, 0.1) is 45.0 Å². The Bertz CT molecular complexity index is 3100. The number of nitrogens with zero attached hydrogens (tertiary/aromatic N) is 7. The van der Waals surface area contributed by atoms with E-state index in [4.69, 9.17) is 16.3 Å². The van der Waals surface area contributed by atoms with Crippen LogP contribution in [-0.4, -0.2) is 73.4 Å². The van der Waals surface area contributed by atoms with Crippen LogP contribution in [0.3, 0.4) is 0 Å². The third kappa shape index (κ3) is 7.66. The van der Waals surface area contributed by atoms with Crippen molar-refractivity contribution in [3.05, 3.63) is 97.8 Å². The average Bonchev–Trinajstić information content (AvgIpc) is 4.10. The summed E-state index contributed by atoms with van der Waals surface area (Å²) < 4.78 is 162. The van der Waals surface area contributed by atoms with Crippen molar-refractivity contribution in [1.82, 2.24) is 39.4 Å². The van der Waals surface area contributed by atoms with Crippen molar-refractivity contribution in [2.75, 3.05) is 17.6 Å². The first-order chi connectivity index (χ1) is 29.9. The number of halogens is 10. The Morgan fingerprint density at radius 3 is 2.39 bits per heavy atom. The van der Waals surface area contributed by atoms with Gasteiger partial charge in [0.15, 0.2) is 18.1 Å². The number of anilines is 1. The number of hydrogen-bond acceptors (Lipinski definition) is 9. The summed E-state index contributed by atoms with van der Waals surface area (Å²) >= 11 is 6.56. The molecule has 338 valence electrons. The molecule has 4 heterocycles. The number of aryl methyl sites for hydroxylation is 1. The number of fused-ring (bicyclic) bond motifs is 5. The van der Waals surface area contributed by atoms with Crippen molar-refractivity contribution in [1.29, 1.82) is 0 Å². The number of aromatic nitrogens is 7. The number of carbonyl (C=O) groups is 1. The maximum absolute atomic E-state index is 15.7. The van der Waals surface area contributed by atoms with Crippen molar-refractivity contribution in [2.24, 2.45) is 13.0 Å². The lowest BCUT2D eigenvalue weighted by Crippen LogP contribution is -2.41. The molecule has 4 aromatic heterocycles. The first-order valence-corrected chi connectivity index (χ1v) is 21.6. The van der Waals surface area contributed by atoms with Gasteiger partial charge >= 0.3 is 12.1 Å². The summed E-state index contributed by atoms with van der Waals surface area (Å²) in [6.07, 6.45) is -4.03. The maximum Gasteiger partial charge on any atom is 0.456 e. The number of sulfonamides is 1. The number of pyridine rings is 1. The van der Waals surface area contributed by atoms with Gasteiger partial charge in [-0.2, -0.15) is 45.9 Å². The van der Waals surface area contributed by atoms with Gasteiger partial charge in [0, 0.05) is 43.0 Å². The summed E-state index contributed by atoms with van der Waals surface area (Å²) in [6.45, 7) is -3.01. The highest BCUT2D eigenvalue weighted by Crippen LogP contribution is 2.69. The highest BCUT2D eigenvalue weighted by molar-refractivity contribution is 7.92. The van der Waals surface area contributed by atoms with Gasteiger partial charge in [0.2, 0.25) is 21.8 Å². The summed E-state index contributed by atoms with van der Waals surface area (Å²) in [5.74, 6) is -14.8. The first kappa shape index (κ1) is 43.3. The molecule has 9 rings (SSSR count). The number of hydrogen-bond donors (Lipinski definition) is 2. The van der Waals surface area contributed by atoms with E-state index in [2.05, 4.69) is 30.2 Å². The molecule has 2 aromatic carbocycles. The van der Waals surface area contributed by atoms with Crippen LogP contribution in [0.5, 0.6) is 5.88 Å². The third-order valence-corrected chi connectivity index (χ3v) is 12.1. The van der Waals surface area contributed by atoms with Crippen molar-refractivity contribution >= 4 is 55.3 Å². The summed E-state index contributed by atoms with van der Waals surface area (Å²) in [6, 6.07) is 5.03. The Balaban J connectivity index is 1.22. The van der Waals surface area contributed by atoms with Crippen LogP contribution in [-0.2, 0) is 40.8 Å². The number of rotatable bonds is 13. The van der Waals surface area contributed by atoms with Gasteiger partial charge in [-0.3, -0.25) is 28.2 Å². The minimum absolute atomic E-state index is 0.0205. The second kappa shape index (κ2) is 14.8. The molecule has 64 heavy (non-hydrogen) atoms. The number of alkyl halides is 7. The van der Waals surface area contributed by atoms with E-state index in [1.165, 1.54) is 19.2 Å². The highest BCUT2D eigenvalue weighted by Gasteiger charge is 2.67. The number of carbonyl (C=O) groups excluding carboxylic acids is 1. The van der Waals surface area contributed by atoms with Crippen LogP contribution in [0.15, 0.2) is 47.3 Å². The topological polar surface area (TPSA) is 168 Å². The van der Waals surface area contributed by atoms with Crippen LogP contribution < -0.4 is 20.3 Å². The van der Waals surface area contributed by atoms with E-state index in [1.807, 2.05) is 0 Å². The van der Waals surface area contributed by atoms with E-state index in [0.29, 0.717) is 17.3 Å². The third-order valence-electron chi connectivity index (χ3n) is 11.2. The molecule has 14 nitrogen and oxygen atoms in total. The highest BCUT2D eigenvalue weighted by atomic mass is 35.5. The van der Waals surface area contributed by atoms with Gasteiger partial charge in [0.25, 0.3) is 11.5 Å². The summed E-state index contributed by atoms with van der Waals surface area (Å²) in [4.78, 5) is 37.4. The zero-order valence-electron chi connectivity index (χ0n) is 33.0. The zero-order valence-corrected chi connectivity index (χ0v) is 34.5. The molecule has 0 aliphatic heterocycles. The number of benzene rings is 2. The number of amides is 1. The molecule has 3 aliphatic carbocycles. The fourth-order valence-corrected chi connectivity index (χ4v) is 9.00. The van der Waals surface area contributed by atoms with Gasteiger partial charge in [-0.25, -0.2) is 22.2 Å². The number of nitrogens with one attached hydrogen (secondary N) is 2. The van der Waals surface area contributed by atoms with Crippen LogP contribution in [0.4, 0.5) is 45.3 Å². The smallest absolute Gasteiger partial charge is 0.456 e. The molecule has 25 heteroatoms. The zero-order chi connectivity index (χ0) is 46.0. The molecular formula is C39H31ClF9N9O5S. The Morgan fingerprint density at radius 2 is 1.73 bits per heavy atom. The van der Waals surface area contributed by atoms with Crippen LogP contribution >= 0.6 is 11.6 Å². The predicted molar refractivity (Wildman–Crippen MR) is 209 cm³/mol. The second-order valence-electron chi connectivity index (χ2n) is 16.0. The second-order valence-corrected chi connectivity index (χ2v) is 18.2. The quantitative estimate of drug-likeness (QED) is 0.117. The molecule has 1 amide bonds. The lowest BCUT2D eigenvalue weighted by Gasteiger charge is -2.24. The van der Waals surface area contributed by atoms with Crippen LogP contribution in [0.2, 0.25) is 5.02 Å². The van der Waals surface area contributed by atoms with Gasteiger partial charge in [0.1, 0.15) is 29.7 Å². The fourth-order valence-electron chi connectivity index (χ4n) is 8.27. The van der Waals surface area contributed by atoms with Crippen LogP contribution in [0.25, 0.3) is 27.6 Å². The van der Waals surface area contributed by atoms with Gasteiger partial charge in [-0.1, -0.05) is 11.6 Å². The largest absolute Gasteiger partial charge is 0.471 e. The molecule has 6 aromatic rings. The Hall–Kier alpha value is -5.91. The maximum atomic E-state index is 15.7. The molecule has 2 fully saturated rings. The van der Waals surface area contributed by atoms with E-state index in [1.54, 1.807) is 0 Å². The normalized spacial score (nSPS) is 18.6. The molecule has 0 saturated heterocycles. The Kier molecular flexibility index (Phi) is 10.0. The van der Waals surface area contributed by atoms with E-state index in [0.717, 1.165) is 57.3 Å². The molecule has 3 atom stereocenters. The van der Waals surface area contributed by atoms with E-state index in [-0.39, 0.29) is 45.3 Å². The molecule has 2 saturated carbocycles. The van der Waals surface area contributed by atoms with Crippen LogP contribution in [0.1, 0.15) is 65.5 Å². The van der Waals surface area contributed by atoms with E-state index >= 15 is 8.78 Å². The van der Waals surface area contributed by atoms with Gasteiger partial charge in [-0.15, -0.1) is 0 Å². The molecule has 2 N–H and O–H groups in total. The van der Waals surface area contributed by atoms with Gasteiger partial charge in [-0.05, 0) is 61.1 Å². The minimum atomic E-state index is -6.00. The predicted octanol–water partition coefficient (Wildman–Crippen LogP) is 6.93. The monoisotopic (exact) mass is 943 g/mol. The summed E-state index contributed by atoms with van der Waals surface area (Å²) in [5, 5.41) is 10.8. The van der Waals surface area contributed by atoms with Crippen molar-refractivity contribution < 1.29 is 57.5 Å². The standard InChI is InChI=1S/C39H31ClF9N9O5S/c1-56-31-25(7-6-23(40)29(31)34(54-56)55-64(2,61)62)58-35(52-33-20(36(58)60)5-8-27(51-33)63-15-37(43,44)39(47,48)49)24(11-16-9-18(41)12-19(42)10-16)50-26(59)14-57-32-28(30(53-57)17-3-4-17)21-13-22(21)38(32,45)46/h5-10,12,17,21-22,24H,3-4,11,13-15H2,1-2H3,(H,50,59)(H,54,55)/t21-,22+,24-/m0/s1. The Labute approximate surface area is 359 Å². The minimum Gasteiger partial charge on any atom is -0.471 e. The average molecular weight is 944 g/mol. The SMILES string of the molecule is Cn1nc(NS(C)(=O)=O)c2c(Cl)ccc(-n3c([C@H](Cc4cc(F)cc(F)c4)NC(=O)Cn4nc(C5CC5)c5c4C(F)(F)[C@@H]4C[C@H]54)nc4nc(OCC(F)(F)C(F)(F)F)ccc4c3=O)c21. The molecule has 0 radical (unpaired) electrons. The lowest BCUT2D eigenvalue weighted by molar-refractivity contribution is -0.290. The van der Waals surface area contributed by atoms with Crippen molar-refractivity contribution in [3.8, 4) is 11.6 Å². The van der Waals surface area contributed by atoms with E-state index < -0.39 is 117 Å². The summed E-state index contributed by atoms with van der Waals surface area (Å²) in [5.41, 5.74) is -1.47.